The van der Waals surface area contributed by atoms with Crippen LogP contribution in [0.25, 0.3) is 10.3 Å². The van der Waals surface area contributed by atoms with Gasteiger partial charge in [-0.15, -0.1) is 11.3 Å². The molecule has 0 radical (unpaired) electrons. The van der Waals surface area contributed by atoms with Gasteiger partial charge in [0.25, 0.3) is 11.8 Å². The van der Waals surface area contributed by atoms with Gasteiger partial charge in [-0.05, 0) is 18.2 Å². The summed E-state index contributed by atoms with van der Waals surface area (Å²) in [5, 5.41) is 0.495. The molecular formula is C15H7NO5S. The minimum absolute atomic E-state index is 0.222. The number of carbonyl (C=O) groups is 3. The Morgan fingerprint density at radius 2 is 1.77 bits per heavy atom. The van der Waals surface area contributed by atoms with Crippen LogP contribution in [0.5, 0.6) is 0 Å². The molecular weight excluding hydrogens is 306 g/mol. The third kappa shape index (κ3) is 1.76. The highest BCUT2D eigenvalue weighted by atomic mass is 32.1. The van der Waals surface area contributed by atoms with Crippen LogP contribution in [0.1, 0.15) is 30.4 Å². The number of furan rings is 1. The summed E-state index contributed by atoms with van der Waals surface area (Å²) in [4.78, 5) is 41.6. The first-order chi connectivity index (χ1) is 10.6. The molecule has 0 N–H and O–H groups in total. The number of hydrogen-bond donors (Lipinski definition) is 0. The van der Waals surface area contributed by atoms with E-state index in [9.17, 15) is 14.4 Å². The fourth-order valence-electron chi connectivity index (χ4n) is 2.24. The van der Waals surface area contributed by atoms with E-state index in [0.717, 1.165) is 16.0 Å². The molecule has 3 heterocycles. The number of rotatable bonds is 2. The van der Waals surface area contributed by atoms with E-state index in [1.165, 1.54) is 24.5 Å². The summed E-state index contributed by atoms with van der Waals surface area (Å²) >= 11 is 1.16. The molecule has 2 amide bonds. The van der Waals surface area contributed by atoms with Crippen molar-refractivity contribution < 1.29 is 23.6 Å². The van der Waals surface area contributed by atoms with Crippen LogP contribution in [0, 0.1) is 0 Å². The first-order valence-corrected chi connectivity index (χ1v) is 7.14. The van der Waals surface area contributed by atoms with Crippen molar-refractivity contribution in [1.82, 2.24) is 5.06 Å². The fraction of sp³-hybridized carbons (Fsp3) is 0. The highest BCUT2D eigenvalue weighted by molar-refractivity contribution is 7.20. The molecule has 4 rings (SSSR count). The van der Waals surface area contributed by atoms with Gasteiger partial charge in [-0.3, -0.25) is 9.59 Å². The van der Waals surface area contributed by atoms with Crippen molar-refractivity contribution in [2.75, 3.05) is 0 Å². The number of nitrogens with zero attached hydrogens (tertiary/aromatic N) is 1. The maximum Gasteiger partial charge on any atom is 0.373 e. The average molecular weight is 313 g/mol. The molecule has 3 aromatic rings. The molecule has 6 nitrogen and oxygen atoms in total. The van der Waals surface area contributed by atoms with Crippen LogP contribution in [0.15, 0.2) is 47.1 Å². The van der Waals surface area contributed by atoms with Gasteiger partial charge in [-0.1, -0.05) is 17.2 Å². The molecule has 2 aromatic heterocycles. The largest absolute Gasteiger partial charge is 0.463 e. The summed E-state index contributed by atoms with van der Waals surface area (Å²) in [6, 6.07) is 9.55. The molecule has 0 aliphatic carbocycles. The first kappa shape index (κ1) is 12.8. The molecule has 0 saturated heterocycles. The van der Waals surface area contributed by atoms with Crippen LogP contribution in [0.3, 0.4) is 0 Å². The molecule has 22 heavy (non-hydrogen) atoms. The maximum absolute atomic E-state index is 12.1. The van der Waals surface area contributed by atoms with E-state index in [4.69, 9.17) is 9.25 Å². The van der Waals surface area contributed by atoms with Crippen LogP contribution < -0.4 is 0 Å². The van der Waals surface area contributed by atoms with Crippen molar-refractivity contribution in [2.45, 2.75) is 0 Å². The Bertz CT molecular complexity index is 875. The second-order valence-electron chi connectivity index (χ2n) is 4.59. The zero-order valence-electron chi connectivity index (χ0n) is 10.9. The minimum atomic E-state index is -0.772. The summed E-state index contributed by atoms with van der Waals surface area (Å²) in [6.07, 6.45) is 1.51. The number of hydroxylamine groups is 2. The zero-order chi connectivity index (χ0) is 15.3. The number of hydrogen-bond acceptors (Lipinski definition) is 6. The van der Waals surface area contributed by atoms with Gasteiger partial charge in [-0.2, -0.15) is 0 Å². The maximum atomic E-state index is 12.1. The monoisotopic (exact) mass is 313 g/mol. The van der Waals surface area contributed by atoms with Gasteiger partial charge in [0.15, 0.2) is 0 Å². The van der Waals surface area contributed by atoms with E-state index in [1.54, 1.807) is 18.2 Å². The molecule has 1 aliphatic heterocycles. The van der Waals surface area contributed by atoms with E-state index in [-0.39, 0.29) is 16.0 Å². The lowest BCUT2D eigenvalue weighted by atomic mass is 10.1. The van der Waals surface area contributed by atoms with Crippen molar-refractivity contribution >= 4 is 39.4 Å². The second-order valence-corrected chi connectivity index (χ2v) is 5.67. The molecule has 0 atom stereocenters. The third-order valence-electron chi connectivity index (χ3n) is 3.27. The zero-order valence-corrected chi connectivity index (χ0v) is 11.8. The van der Waals surface area contributed by atoms with E-state index < -0.39 is 17.8 Å². The van der Waals surface area contributed by atoms with Gasteiger partial charge in [0.1, 0.15) is 10.5 Å². The third-order valence-corrected chi connectivity index (χ3v) is 4.33. The molecule has 7 heteroatoms. The topological polar surface area (TPSA) is 76.8 Å². The predicted octanol–water partition coefficient (Wildman–Crippen LogP) is 2.86. The molecule has 0 bridgehead atoms. The molecule has 0 spiro atoms. The molecule has 1 aromatic carbocycles. The molecule has 0 saturated carbocycles. The number of thiophene rings is 1. The summed E-state index contributed by atoms with van der Waals surface area (Å²) in [6.45, 7) is 0. The molecule has 0 unspecified atom stereocenters. The van der Waals surface area contributed by atoms with E-state index >= 15 is 0 Å². The van der Waals surface area contributed by atoms with Gasteiger partial charge in [0, 0.05) is 6.07 Å². The van der Waals surface area contributed by atoms with Gasteiger partial charge in [0.2, 0.25) is 0 Å². The quantitative estimate of drug-likeness (QED) is 0.680. The van der Waals surface area contributed by atoms with Crippen molar-refractivity contribution in [3.05, 3.63) is 58.7 Å². The summed E-state index contributed by atoms with van der Waals surface area (Å²) in [7, 11) is 0. The number of imide groups is 1. The Morgan fingerprint density at radius 3 is 2.41 bits per heavy atom. The first-order valence-electron chi connectivity index (χ1n) is 6.32. The van der Waals surface area contributed by atoms with E-state index in [2.05, 4.69) is 0 Å². The van der Waals surface area contributed by atoms with Crippen LogP contribution in [0.4, 0.5) is 0 Å². The fourth-order valence-corrected chi connectivity index (χ4v) is 3.10. The Morgan fingerprint density at radius 1 is 1.09 bits per heavy atom. The molecule has 0 fully saturated rings. The highest BCUT2D eigenvalue weighted by Crippen LogP contribution is 2.28. The van der Waals surface area contributed by atoms with Crippen molar-refractivity contribution in [1.29, 1.82) is 0 Å². The van der Waals surface area contributed by atoms with Crippen molar-refractivity contribution in [3.8, 4) is 0 Å². The van der Waals surface area contributed by atoms with Crippen LogP contribution in [0.2, 0.25) is 0 Å². The van der Waals surface area contributed by atoms with Crippen LogP contribution in [-0.4, -0.2) is 22.8 Å². The Labute approximate surface area is 127 Å². The predicted molar refractivity (Wildman–Crippen MR) is 76.4 cm³/mol. The Balaban J connectivity index is 1.61. The van der Waals surface area contributed by atoms with Crippen molar-refractivity contribution in [2.24, 2.45) is 0 Å². The Kier molecular flexibility index (Phi) is 2.64. The smallest absolute Gasteiger partial charge is 0.373 e. The van der Waals surface area contributed by atoms with Gasteiger partial charge in [0.05, 0.1) is 22.1 Å². The van der Waals surface area contributed by atoms with Crippen LogP contribution >= 0.6 is 11.3 Å². The summed E-state index contributed by atoms with van der Waals surface area (Å²) in [5.74, 6) is -2.06. The lowest BCUT2D eigenvalue weighted by Crippen LogP contribution is -2.32. The van der Waals surface area contributed by atoms with E-state index in [1.807, 2.05) is 0 Å². The average Bonchev–Trinajstić information content (AvgIpc) is 3.17. The summed E-state index contributed by atoms with van der Waals surface area (Å²) in [5.41, 5.74) is 1.000. The number of carbonyl (C=O) groups excluding carboxylic acids is 3. The minimum Gasteiger partial charge on any atom is -0.463 e. The molecule has 108 valence electrons. The molecule has 1 aliphatic rings. The van der Waals surface area contributed by atoms with Crippen molar-refractivity contribution in [3.63, 3.8) is 0 Å². The standard InChI is InChI=1S/C15H7NO5S/c17-13-8-3-1-2-4-9(8)14(18)16(13)21-15(19)12-7-10-11(22-12)5-6-20-10/h1-7H. The van der Waals surface area contributed by atoms with Crippen LogP contribution in [-0.2, 0) is 4.84 Å². The number of amides is 2. The summed E-state index contributed by atoms with van der Waals surface area (Å²) < 4.78 is 5.95. The Hall–Kier alpha value is -2.93. The second kappa shape index (κ2) is 4.54. The highest BCUT2D eigenvalue weighted by Gasteiger charge is 2.39. The van der Waals surface area contributed by atoms with Gasteiger partial charge in [-0.25, -0.2) is 4.79 Å². The van der Waals surface area contributed by atoms with Gasteiger partial charge < -0.3 is 9.25 Å². The van der Waals surface area contributed by atoms with E-state index in [0.29, 0.717) is 10.6 Å². The lowest BCUT2D eigenvalue weighted by molar-refractivity contribution is -0.0581. The normalized spacial score (nSPS) is 13.7. The lowest BCUT2D eigenvalue weighted by Gasteiger charge is -2.11. The van der Waals surface area contributed by atoms with Gasteiger partial charge >= 0.3 is 5.97 Å². The SMILES string of the molecule is O=C(ON1C(=O)c2ccccc2C1=O)c1cc2occc2s1. The number of fused-ring (bicyclic) bond motifs is 2. The number of benzene rings is 1.